The van der Waals surface area contributed by atoms with E-state index in [1.807, 2.05) is 36.5 Å². The summed E-state index contributed by atoms with van der Waals surface area (Å²) in [7, 11) is 0. The van der Waals surface area contributed by atoms with Crippen LogP contribution in [0.4, 0.5) is 0 Å². The topological polar surface area (TPSA) is 77.8 Å². The fraction of sp³-hybridized carbons (Fsp3) is 0.500. The minimum atomic E-state index is -0.795. The molecule has 0 aromatic carbocycles. The van der Waals surface area contributed by atoms with E-state index < -0.39 is 18.2 Å². The molecule has 0 unspecified atom stereocenters. The third-order valence-electron chi connectivity index (χ3n) is 3.61. The van der Waals surface area contributed by atoms with Gasteiger partial charge in [-0.3, -0.25) is 4.79 Å². The molecule has 0 saturated heterocycles. The summed E-state index contributed by atoms with van der Waals surface area (Å²) >= 11 is 0. The van der Waals surface area contributed by atoms with Gasteiger partial charge in [0.25, 0.3) is 0 Å². The van der Waals surface area contributed by atoms with Gasteiger partial charge in [0.2, 0.25) is 0 Å². The molecule has 146 valence electrons. The van der Waals surface area contributed by atoms with Crippen LogP contribution in [0, 0.1) is 0 Å². The Morgan fingerprint density at radius 2 is 1.15 bits per heavy atom. The highest BCUT2D eigenvalue weighted by molar-refractivity contribution is 5.66. The van der Waals surface area contributed by atoms with Crippen molar-refractivity contribution in [3.63, 3.8) is 0 Å². The van der Waals surface area contributed by atoms with Gasteiger partial charge in [0.15, 0.2) is 0 Å². The molecule has 0 bridgehead atoms. The lowest BCUT2D eigenvalue weighted by Crippen LogP contribution is -2.24. The van der Waals surface area contributed by atoms with Crippen LogP contribution < -0.4 is 0 Å². The molecular formula is C22H34O4. The van der Waals surface area contributed by atoms with Crippen molar-refractivity contribution < 1.29 is 20.1 Å². The average Bonchev–Trinajstić information content (AvgIpc) is 2.61. The molecule has 0 amide bonds. The van der Waals surface area contributed by atoms with Crippen LogP contribution in [0.1, 0.15) is 58.3 Å². The predicted molar refractivity (Wildman–Crippen MR) is 108 cm³/mol. The third kappa shape index (κ3) is 16.9. The van der Waals surface area contributed by atoms with E-state index in [0.717, 1.165) is 19.3 Å². The van der Waals surface area contributed by atoms with Crippen LogP contribution in [0.3, 0.4) is 0 Å². The lowest BCUT2D eigenvalue weighted by Gasteiger charge is -2.14. The summed E-state index contributed by atoms with van der Waals surface area (Å²) in [6.07, 6.45) is 23.4. The molecule has 4 heteroatoms. The zero-order chi connectivity index (χ0) is 19.5. The monoisotopic (exact) mass is 362 g/mol. The quantitative estimate of drug-likeness (QED) is 0.369. The summed E-state index contributed by atoms with van der Waals surface area (Å²) in [6.45, 7) is 2.11. The Morgan fingerprint density at radius 1 is 0.731 bits per heavy atom. The van der Waals surface area contributed by atoms with Gasteiger partial charge in [-0.15, -0.1) is 0 Å². The van der Waals surface area contributed by atoms with Crippen molar-refractivity contribution in [3.05, 3.63) is 60.8 Å². The molecule has 0 heterocycles. The first kappa shape index (κ1) is 24.1. The Kier molecular flexibility index (Phi) is 16.6. The van der Waals surface area contributed by atoms with E-state index in [4.69, 9.17) is 5.11 Å². The molecular weight excluding hydrogens is 328 g/mol. The second kappa shape index (κ2) is 17.9. The summed E-state index contributed by atoms with van der Waals surface area (Å²) in [5, 5.41) is 28.3. The molecule has 0 radical (unpaired) electrons. The van der Waals surface area contributed by atoms with Crippen LogP contribution in [-0.2, 0) is 4.79 Å². The molecule has 2 atom stereocenters. The van der Waals surface area contributed by atoms with Gasteiger partial charge in [-0.25, -0.2) is 0 Å². The van der Waals surface area contributed by atoms with E-state index in [1.165, 1.54) is 0 Å². The van der Waals surface area contributed by atoms with E-state index in [0.29, 0.717) is 25.7 Å². The zero-order valence-corrected chi connectivity index (χ0v) is 15.8. The lowest BCUT2D eigenvalue weighted by molar-refractivity contribution is -0.136. The fourth-order valence-corrected chi connectivity index (χ4v) is 2.09. The van der Waals surface area contributed by atoms with E-state index in [9.17, 15) is 15.0 Å². The van der Waals surface area contributed by atoms with Crippen molar-refractivity contribution in [2.45, 2.75) is 70.5 Å². The Labute approximate surface area is 157 Å². The van der Waals surface area contributed by atoms with Gasteiger partial charge in [0, 0.05) is 6.42 Å². The third-order valence-corrected chi connectivity index (χ3v) is 3.61. The normalized spacial score (nSPS) is 15.2. The summed E-state index contributed by atoms with van der Waals surface area (Å²) in [6, 6.07) is 0. The first-order valence-corrected chi connectivity index (χ1v) is 9.40. The van der Waals surface area contributed by atoms with Crippen LogP contribution in [0.15, 0.2) is 60.8 Å². The van der Waals surface area contributed by atoms with Crippen molar-refractivity contribution in [2.24, 2.45) is 0 Å². The number of carboxylic acids is 1. The molecule has 3 N–H and O–H groups in total. The summed E-state index contributed by atoms with van der Waals surface area (Å²) in [5.41, 5.74) is 0. The standard InChI is InChI=1S/C22H34O4/c1-2-3-4-5-6-7-8-11-14-17-20(23)21(24)18-15-12-9-10-13-16-19-22(25)26/h3-4,6-7,10-15,20-21,23-24H,2,5,8-9,16-19H2,1H3,(H,25,26)/b4-3-,7-6-,13-10-,14-11-,15-12-/t20-,21-/m0/s1. The SMILES string of the molecule is CC/C=C\C/C=C\C/C=C\C[C@H](O)[C@@H](O)C/C=C\C/C=C\CCC(=O)O. The number of aliphatic hydroxyl groups is 2. The molecule has 0 aliphatic carbocycles. The van der Waals surface area contributed by atoms with Gasteiger partial charge in [0.05, 0.1) is 12.2 Å². The Morgan fingerprint density at radius 3 is 1.62 bits per heavy atom. The van der Waals surface area contributed by atoms with Crippen molar-refractivity contribution in [3.8, 4) is 0 Å². The van der Waals surface area contributed by atoms with Crippen molar-refractivity contribution >= 4 is 5.97 Å². The maximum atomic E-state index is 10.3. The van der Waals surface area contributed by atoms with Gasteiger partial charge < -0.3 is 15.3 Å². The van der Waals surface area contributed by atoms with Gasteiger partial charge in [-0.05, 0) is 44.9 Å². The minimum Gasteiger partial charge on any atom is -0.481 e. The Balaban J connectivity index is 3.79. The number of allylic oxidation sites excluding steroid dienone is 8. The average molecular weight is 363 g/mol. The maximum Gasteiger partial charge on any atom is 0.303 e. The number of carbonyl (C=O) groups is 1. The lowest BCUT2D eigenvalue weighted by atomic mass is 10.1. The Hall–Kier alpha value is -1.91. The minimum absolute atomic E-state index is 0.143. The van der Waals surface area contributed by atoms with Crippen molar-refractivity contribution in [2.75, 3.05) is 0 Å². The fourth-order valence-electron chi connectivity index (χ4n) is 2.09. The first-order valence-electron chi connectivity index (χ1n) is 9.40. The van der Waals surface area contributed by atoms with Crippen molar-refractivity contribution in [1.82, 2.24) is 0 Å². The number of aliphatic carboxylic acids is 1. The zero-order valence-electron chi connectivity index (χ0n) is 15.8. The molecule has 4 nitrogen and oxygen atoms in total. The molecule has 0 aliphatic rings. The molecule has 0 saturated carbocycles. The van der Waals surface area contributed by atoms with Crippen LogP contribution in [0.2, 0.25) is 0 Å². The molecule has 0 spiro atoms. The molecule has 0 rings (SSSR count). The summed E-state index contributed by atoms with van der Waals surface area (Å²) in [4.78, 5) is 10.3. The van der Waals surface area contributed by atoms with Crippen molar-refractivity contribution in [1.29, 1.82) is 0 Å². The first-order chi connectivity index (χ1) is 12.6. The number of hydrogen-bond donors (Lipinski definition) is 3. The van der Waals surface area contributed by atoms with Gasteiger partial charge in [-0.2, -0.15) is 0 Å². The van der Waals surface area contributed by atoms with E-state index >= 15 is 0 Å². The number of hydrogen-bond acceptors (Lipinski definition) is 3. The highest BCUT2D eigenvalue weighted by Crippen LogP contribution is 2.06. The highest BCUT2D eigenvalue weighted by atomic mass is 16.4. The van der Waals surface area contributed by atoms with E-state index in [1.54, 1.807) is 0 Å². The second-order valence-corrected chi connectivity index (χ2v) is 6.01. The molecule has 26 heavy (non-hydrogen) atoms. The number of rotatable bonds is 15. The van der Waals surface area contributed by atoms with E-state index in [2.05, 4.69) is 31.2 Å². The summed E-state index contributed by atoms with van der Waals surface area (Å²) in [5.74, 6) is -0.795. The predicted octanol–water partition coefficient (Wildman–Crippen LogP) is 4.71. The number of carboxylic acid groups (broad SMARTS) is 1. The second-order valence-electron chi connectivity index (χ2n) is 6.01. The maximum absolute atomic E-state index is 10.3. The van der Waals surface area contributed by atoms with Crippen LogP contribution in [0.5, 0.6) is 0 Å². The Bertz CT molecular complexity index is 486. The smallest absolute Gasteiger partial charge is 0.303 e. The van der Waals surface area contributed by atoms with Gasteiger partial charge >= 0.3 is 5.97 Å². The van der Waals surface area contributed by atoms with Crippen LogP contribution in [0.25, 0.3) is 0 Å². The van der Waals surface area contributed by atoms with Crippen LogP contribution in [-0.4, -0.2) is 33.5 Å². The molecule has 0 aliphatic heterocycles. The molecule has 0 fully saturated rings. The molecule has 0 aromatic rings. The van der Waals surface area contributed by atoms with E-state index in [-0.39, 0.29) is 6.42 Å². The van der Waals surface area contributed by atoms with Crippen LogP contribution >= 0.6 is 0 Å². The molecule has 0 aromatic heterocycles. The summed E-state index contributed by atoms with van der Waals surface area (Å²) < 4.78 is 0. The van der Waals surface area contributed by atoms with Gasteiger partial charge in [-0.1, -0.05) is 67.7 Å². The van der Waals surface area contributed by atoms with Gasteiger partial charge in [0.1, 0.15) is 0 Å². The number of aliphatic hydroxyl groups excluding tert-OH is 2. The highest BCUT2D eigenvalue weighted by Gasteiger charge is 2.12. The largest absolute Gasteiger partial charge is 0.481 e.